The van der Waals surface area contributed by atoms with Crippen molar-refractivity contribution in [2.24, 2.45) is 0 Å². The SMILES string of the molecule is CC(=O)N1CCN(C(=O)c2sc(-c3ccc(Cl)s3)nc2C)CC1. The number of carbonyl (C=O) groups excluding carboxylic acids is 2. The highest BCUT2D eigenvalue weighted by Crippen LogP contribution is 2.35. The predicted molar refractivity (Wildman–Crippen MR) is 93.3 cm³/mol. The van der Waals surface area contributed by atoms with E-state index >= 15 is 0 Å². The molecular weight excluding hydrogens is 354 g/mol. The zero-order valence-electron chi connectivity index (χ0n) is 12.8. The van der Waals surface area contributed by atoms with Crippen LogP contribution in [0.5, 0.6) is 0 Å². The predicted octanol–water partition coefficient (Wildman–Crippen LogP) is 3.14. The van der Waals surface area contributed by atoms with E-state index in [9.17, 15) is 9.59 Å². The van der Waals surface area contributed by atoms with Gasteiger partial charge in [0.25, 0.3) is 5.91 Å². The lowest BCUT2D eigenvalue weighted by Gasteiger charge is -2.34. The van der Waals surface area contributed by atoms with Crippen LogP contribution in [0.3, 0.4) is 0 Å². The van der Waals surface area contributed by atoms with Crippen molar-refractivity contribution in [3.8, 4) is 9.88 Å². The van der Waals surface area contributed by atoms with Crippen LogP contribution in [0.2, 0.25) is 4.34 Å². The van der Waals surface area contributed by atoms with E-state index in [0.29, 0.717) is 35.4 Å². The summed E-state index contributed by atoms with van der Waals surface area (Å²) in [4.78, 5) is 33.8. The number of piperazine rings is 1. The summed E-state index contributed by atoms with van der Waals surface area (Å²) in [6.07, 6.45) is 0. The first-order valence-electron chi connectivity index (χ1n) is 7.23. The number of nitrogens with zero attached hydrogens (tertiary/aromatic N) is 3. The molecule has 0 spiro atoms. The zero-order valence-corrected chi connectivity index (χ0v) is 15.2. The first-order chi connectivity index (χ1) is 11.0. The lowest BCUT2D eigenvalue weighted by Crippen LogP contribution is -2.50. The number of thiophene rings is 1. The van der Waals surface area contributed by atoms with Crippen LogP contribution in [0.4, 0.5) is 0 Å². The summed E-state index contributed by atoms with van der Waals surface area (Å²) in [5, 5.41) is 0.824. The van der Waals surface area contributed by atoms with Gasteiger partial charge in [0.2, 0.25) is 5.91 Å². The van der Waals surface area contributed by atoms with Crippen LogP contribution < -0.4 is 0 Å². The lowest BCUT2D eigenvalue weighted by atomic mass is 10.2. The quantitative estimate of drug-likeness (QED) is 0.817. The minimum atomic E-state index is -0.00268. The van der Waals surface area contributed by atoms with Gasteiger partial charge in [-0.1, -0.05) is 11.6 Å². The number of aromatic nitrogens is 1. The molecule has 2 aromatic heterocycles. The molecule has 0 unspecified atom stereocenters. The second kappa shape index (κ2) is 6.59. The number of hydrogen-bond donors (Lipinski definition) is 0. The van der Waals surface area contributed by atoms with E-state index in [1.165, 1.54) is 22.7 Å². The Morgan fingerprint density at radius 2 is 1.78 bits per heavy atom. The summed E-state index contributed by atoms with van der Waals surface area (Å²) in [6, 6.07) is 3.76. The molecule has 122 valence electrons. The molecule has 3 heterocycles. The molecule has 0 bridgehead atoms. The molecule has 0 saturated carbocycles. The van der Waals surface area contributed by atoms with Gasteiger partial charge in [-0.05, 0) is 19.1 Å². The van der Waals surface area contributed by atoms with Crippen molar-refractivity contribution < 1.29 is 9.59 Å². The summed E-state index contributed by atoms with van der Waals surface area (Å²) in [5.74, 6) is 0.0556. The third-order valence-corrected chi connectivity index (χ3v) is 6.33. The van der Waals surface area contributed by atoms with Gasteiger partial charge in [0.15, 0.2) is 0 Å². The Bertz CT molecular complexity index is 748. The number of amides is 2. The molecule has 0 radical (unpaired) electrons. The van der Waals surface area contributed by atoms with Gasteiger partial charge >= 0.3 is 0 Å². The Kier molecular flexibility index (Phi) is 4.70. The molecule has 0 aliphatic carbocycles. The summed E-state index contributed by atoms with van der Waals surface area (Å²) < 4.78 is 0.709. The Balaban J connectivity index is 1.76. The van der Waals surface area contributed by atoms with Gasteiger partial charge in [-0.2, -0.15) is 0 Å². The number of halogens is 1. The van der Waals surface area contributed by atoms with E-state index in [1.54, 1.807) is 16.7 Å². The monoisotopic (exact) mass is 369 g/mol. The van der Waals surface area contributed by atoms with Gasteiger partial charge in [-0.15, -0.1) is 22.7 Å². The van der Waals surface area contributed by atoms with Crippen LogP contribution in [0.25, 0.3) is 9.88 Å². The van der Waals surface area contributed by atoms with Gasteiger partial charge in [0.1, 0.15) is 9.88 Å². The summed E-state index contributed by atoms with van der Waals surface area (Å²) in [6.45, 7) is 5.72. The van der Waals surface area contributed by atoms with Gasteiger partial charge < -0.3 is 9.80 Å². The maximum absolute atomic E-state index is 12.7. The van der Waals surface area contributed by atoms with E-state index in [2.05, 4.69) is 4.98 Å². The molecule has 0 N–H and O–H groups in total. The first kappa shape index (κ1) is 16.4. The van der Waals surface area contributed by atoms with Crippen LogP contribution in [0, 0.1) is 6.92 Å². The van der Waals surface area contributed by atoms with E-state index in [4.69, 9.17) is 11.6 Å². The molecule has 0 aromatic carbocycles. The highest BCUT2D eigenvalue weighted by molar-refractivity contribution is 7.24. The molecule has 8 heteroatoms. The molecule has 3 rings (SSSR count). The lowest BCUT2D eigenvalue weighted by molar-refractivity contribution is -0.130. The Hall–Kier alpha value is -1.44. The third kappa shape index (κ3) is 3.41. The Labute approximate surface area is 147 Å². The Morgan fingerprint density at radius 3 is 2.35 bits per heavy atom. The fourth-order valence-electron chi connectivity index (χ4n) is 2.50. The molecule has 5 nitrogen and oxygen atoms in total. The molecule has 1 aliphatic heterocycles. The van der Waals surface area contributed by atoms with Gasteiger partial charge in [-0.3, -0.25) is 9.59 Å². The number of aryl methyl sites for hydroxylation is 1. The Morgan fingerprint density at radius 1 is 1.13 bits per heavy atom. The van der Waals surface area contributed by atoms with Crippen molar-refractivity contribution in [1.29, 1.82) is 0 Å². The highest BCUT2D eigenvalue weighted by atomic mass is 35.5. The average Bonchev–Trinajstić information content (AvgIpc) is 3.12. The van der Waals surface area contributed by atoms with Gasteiger partial charge in [0.05, 0.1) is 14.9 Å². The normalized spacial score (nSPS) is 15.1. The standard InChI is InChI=1S/C15H16ClN3O2S2/c1-9-13(23-14(17-9)11-3-4-12(16)22-11)15(21)19-7-5-18(6-8-19)10(2)20/h3-4H,5-8H2,1-2H3. The molecule has 2 aromatic rings. The molecule has 1 aliphatic rings. The topological polar surface area (TPSA) is 53.5 Å². The van der Waals surface area contributed by atoms with Crippen molar-refractivity contribution in [2.75, 3.05) is 26.2 Å². The highest BCUT2D eigenvalue weighted by Gasteiger charge is 2.26. The van der Waals surface area contributed by atoms with Gasteiger partial charge in [-0.25, -0.2) is 4.98 Å². The molecule has 2 amide bonds. The second-order valence-corrected chi connectivity index (χ2v) is 8.05. The van der Waals surface area contributed by atoms with Crippen LogP contribution in [0.15, 0.2) is 12.1 Å². The molecule has 23 heavy (non-hydrogen) atoms. The maximum atomic E-state index is 12.7. The van der Waals surface area contributed by atoms with E-state index in [0.717, 1.165) is 15.6 Å². The summed E-state index contributed by atoms with van der Waals surface area (Å²) >= 11 is 8.83. The number of carbonyl (C=O) groups is 2. The van der Waals surface area contributed by atoms with E-state index in [-0.39, 0.29) is 11.8 Å². The van der Waals surface area contributed by atoms with Crippen LogP contribution >= 0.6 is 34.3 Å². The van der Waals surface area contributed by atoms with E-state index in [1.807, 2.05) is 19.1 Å². The largest absolute Gasteiger partial charge is 0.339 e. The minimum Gasteiger partial charge on any atom is -0.339 e. The van der Waals surface area contributed by atoms with Crippen LogP contribution in [-0.2, 0) is 4.79 Å². The van der Waals surface area contributed by atoms with Crippen molar-refractivity contribution in [1.82, 2.24) is 14.8 Å². The van der Waals surface area contributed by atoms with Crippen molar-refractivity contribution in [3.05, 3.63) is 27.0 Å². The number of rotatable bonds is 2. The molecule has 0 atom stereocenters. The minimum absolute atomic E-state index is 0.00268. The van der Waals surface area contributed by atoms with E-state index < -0.39 is 0 Å². The molecule has 1 saturated heterocycles. The number of hydrogen-bond acceptors (Lipinski definition) is 5. The molecule has 1 fully saturated rings. The third-order valence-electron chi connectivity index (χ3n) is 3.79. The number of thiazole rings is 1. The van der Waals surface area contributed by atoms with Gasteiger partial charge in [0, 0.05) is 33.1 Å². The zero-order chi connectivity index (χ0) is 16.6. The fourth-order valence-corrected chi connectivity index (χ4v) is 4.63. The van der Waals surface area contributed by atoms with Crippen molar-refractivity contribution >= 4 is 46.1 Å². The summed E-state index contributed by atoms with van der Waals surface area (Å²) in [7, 11) is 0. The van der Waals surface area contributed by atoms with Crippen LogP contribution in [0.1, 0.15) is 22.3 Å². The van der Waals surface area contributed by atoms with Crippen molar-refractivity contribution in [3.63, 3.8) is 0 Å². The second-order valence-electron chi connectivity index (χ2n) is 5.34. The molecular formula is C15H16ClN3O2S2. The smallest absolute Gasteiger partial charge is 0.265 e. The summed E-state index contributed by atoms with van der Waals surface area (Å²) in [5.41, 5.74) is 0.744. The average molecular weight is 370 g/mol. The fraction of sp³-hybridized carbons (Fsp3) is 0.400. The van der Waals surface area contributed by atoms with Crippen molar-refractivity contribution in [2.45, 2.75) is 13.8 Å². The van der Waals surface area contributed by atoms with Crippen LogP contribution in [-0.4, -0.2) is 52.8 Å². The first-order valence-corrected chi connectivity index (χ1v) is 9.24. The maximum Gasteiger partial charge on any atom is 0.265 e.